The van der Waals surface area contributed by atoms with Crippen LogP contribution < -0.4 is 0 Å². The monoisotopic (exact) mass is 494 g/mol. The van der Waals surface area contributed by atoms with Gasteiger partial charge < -0.3 is 30.6 Å². The quantitative estimate of drug-likeness (QED) is 0.344. The highest BCUT2D eigenvalue weighted by molar-refractivity contribution is 5.95. The van der Waals surface area contributed by atoms with Crippen molar-refractivity contribution in [2.75, 3.05) is 0 Å². The van der Waals surface area contributed by atoms with Crippen LogP contribution in [0.5, 0.6) is 0 Å². The average molecular weight is 495 g/mol. The molecule has 6 N–H and O–H groups in total. The number of hydrogen-bond donors (Lipinski definition) is 6. The van der Waals surface area contributed by atoms with Crippen LogP contribution in [0.1, 0.15) is 86.5 Å². The predicted molar refractivity (Wildman–Crippen MR) is 131 cm³/mol. The fourth-order valence-corrected chi connectivity index (χ4v) is 8.40. The molecule has 7 nitrogen and oxygen atoms in total. The van der Waals surface area contributed by atoms with Gasteiger partial charge in [-0.3, -0.25) is 4.79 Å². The van der Waals surface area contributed by atoms with Gasteiger partial charge in [0.15, 0.2) is 5.78 Å². The number of allylic oxidation sites excluding steroid dienone is 1. The van der Waals surface area contributed by atoms with Crippen LogP contribution in [-0.2, 0) is 4.79 Å². The molecular weight excluding hydrogens is 448 g/mol. The van der Waals surface area contributed by atoms with Gasteiger partial charge in [0.2, 0.25) is 0 Å². The minimum absolute atomic E-state index is 0.0887. The van der Waals surface area contributed by atoms with Crippen LogP contribution in [0, 0.1) is 34.5 Å². The second-order valence-electron chi connectivity index (χ2n) is 13.6. The van der Waals surface area contributed by atoms with E-state index in [2.05, 4.69) is 0 Å². The van der Waals surface area contributed by atoms with Crippen LogP contribution in [0.4, 0.5) is 0 Å². The van der Waals surface area contributed by atoms with Crippen LogP contribution in [0.2, 0.25) is 0 Å². The maximum Gasteiger partial charge on any atom is 0.159 e. The van der Waals surface area contributed by atoms with Gasteiger partial charge in [-0.15, -0.1) is 0 Å². The molecular formula is C28H46O7. The predicted octanol–water partition coefficient (Wildman–Crippen LogP) is 2.10. The van der Waals surface area contributed by atoms with E-state index in [4.69, 9.17) is 0 Å². The van der Waals surface area contributed by atoms with Crippen molar-refractivity contribution in [2.24, 2.45) is 34.5 Å². The zero-order chi connectivity index (χ0) is 26.4. The minimum Gasteiger partial charge on any atom is -0.390 e. The summed E-state index contributed by atoms with van der Waals surface area (Å²) in [6.07, 6.45) is 1.71. The van der Waals surface area contributed by atoms with Crippen molar-refractivity contribution in [3.8, 4) is 0 Å². The molecule has 4 rings (SSSR count). The molecule has 3 fully saturated rings. The lowest BCUT2D eigenvalue weighted by Crippen LogP contribution is -2.63. The summed E-state index contributed by atoms with van der Waals surface area (Å²) in [6, 6.07) is 0. The number of fused-ring (bicyclic) bond motifs is 5. The first-order chi connectivity index (χ1) is 15.9. The molecule has 0 amide bonds. The summed E-state index contributed by atoms with van der Waals surface area (Å²) in [5.74, 6) is -1.21. The van der Waals surface area contributed by atoms with E-state index >= 15 is 0 Å². The molecule has 200 valence electrons. The number of hydrogen-bond acceptors (Lipinski definition) is 7. The van der Waals surface area contributed by atoms with Crippen molar-refractivity contribution >= 4 is 5.78 Å². The van der Waals surface area contributed by atoms with Gasteiger partial charge in [0.05, 0.1) is 35.1 Å². The largest absolute Gasteiger partial charge is 0.390 e. The lowest BCUT2D eigenvalue weighted by molar-refractivity contribution is -0.179. The SMILES string of the molecule is C[C@@H](C[C@H](O)[C@@](C)(O)[C@@H]1CC[C@]2(O)C3=CC(=O)[C@H]4C[C@H](O)[C@H](O)C[C@@]4(C)C3CC[C@@]12C)C(C)(C)O. The van der Waals surface area contributed by atoms with Gasteiger partial charge >= 0.3 is 0 Å². The first-order valence-electron chi connectivity index (χ1n) is 13.4. The summed E-state index contributed by atoms with van der Waals surface area (Å²) < 4.78 is 0. The Kier molecular flexibility index (Phi) is 6.48. The van der Waals surface area contributed by atoms with Crippen LogP contribution in [0.3, 0.4) is 0 Å². The van der Waals surface area contributed by atoms with Crippen molar-refractivity contribution < 1.29 is 35.4 Å². The van der Waals surface area contributed by atoms with Crippen LogP contribution in [-0.4, -0.2) is 71.5 Å². The third-order valence-corrected chi connectivity index (χ3v) is 11.3. The standard InChI is InChI=1S/C28H46O7/c1-15(24(2,3)33)11-23(32)27(6,34)22-8-10-28(35)17-12-19(29)18-13-20(30)21(31)14-25(18,4)16(17)7-9-26(22,28)5/h12,15-16,18,20-23,30-35H,7-11,13-14H2,1-6H3/t15-,16?,18+,20-,21+,22+,23-,25-,26-,27-,28-/m0/s1. The molecule has 0 radical (unpaired) electrons. The molecule has 0 aromatic rings. The van der Waals surface area contributed by atoms with Crippen LogP contribution in [0.15, 0.2) is 11.6 Å². The first kappa shape index (κ1) is 27.2. The fraction of sp³-hybridized carbons (Fsp3) is 0.893. The summed E-state index contributed by atoms with van der Waals surface area (Å²) in [4.78, 5) is 13.3. The Morgan fingerprint density at radius 3 is 2.29 bits per heavy atom. The van der Waals surface area contributed by atoms with E-state index in [9.17, 15) is 35.4 Å². The molecule has 1 unspecified atom stereocenters. The van der Waals surface area contributed by atoms with E-state index in [-0.39, 0.29) is 36.4 Å². The van der Waals surface area contributed by atoms with E-state index in [0.29, 0.717) is 37.7 Å². The molecule has 4 aliphatic carbocycles. The Labute approximate surface area is 209 Å². The Morgan fingerprint density at radius 1 is 1.06 bits per heavy atom. The molecule has 0 aromatic carbocycles. The molecule has 0 saturated heterocycles. The molecule has 4 aliphatic rings. The highest BCUT2D eigenvalue weighted by Gasteiger charge is 2.69. The van der Waals surface area contributed by atoms with Crippen molar-refractivity contribution in [1.29, 1.82) is 0 Å². The molecule has 0 aliphatic heterocycles. The molecule has 7 heteroatoms. The van der Waals surface area contributed by atoms with Gasteiger partial charge in [-0.1, -0.05) is 20.8 Å². The zero-order valence-corrected chi connectivity index (χ0v) is 22.2. The summed E-state index contributed by atoms with van der Waals surface area (Å²) in [5, 5.41) is 66.1. The molecule has 0 aromatic heterocycles. The number of carbonyl (C=O) groups is 1. The maximum atomic E-state index is 13.3. The van der Waals surface area contributed by atoms with E-state index in [1.165, 1.54) is 0 Å². The second kappa shape index (κ2) is 8.34. The second-order valence-corrected chi connectivity index (χ2v) is 13.6. The summed E-state index contributed by atoms with van der Waals surface area (Å²) in [6.45, 7) is 10.9. The van der Waals surface area contributed by atoms with Crippen molar-refractivity contribution in [1.82, 2.24) is 0 Å². The minimum atomic E-state index is -1.48. The maximum absolute atomic E-state index is 13.3. The van der Waals surface area contributed by atoms with E-state index < -0.39 is 51.9 Å². The third-order valence-electron chi connectivity index (χ3n) is 11.3. The number of carbonyl (C=O) groups excluding carboxylic acids is 1. The van der Waals surface area contributed by atoms with Gasteiger partial charge in [-0.25, -0.2) is 0 Å². The summed E-state index contributed by atoms with van der Waals surface area (Å²) >= 11 is 0. The average Bonchev–Trinajstić information content (AvgIpc) is 3.01. The fourth-order valence-electron chi connectivity index (χ4n) is 8.40. The van der Waals surface area contributed by atoms with Gasteiger partial charge in [0.25, 0.3) is 0 Å². The summed E-state index contributed by atoms with van der Waals surface area (Å²) in [7, 11) is 0. The van der Waals surface area contributed by atoms with E-state index in [1.54, 1.807) is 26.8 Å². The van der Waals surface area contributed by atoms with Crippen LogP contribution in [0.25, 0.3) is 0 Å². The zero-order valence-electron chi connectivity index (χ0n) is 22.2. The lowest BCUT2D eigenvalue weighted by Gasteiger charge is -2.60. The number of ketones is 1. The lowest BCUT2D eigenvalue weighted by atomic mass is 9.45. The Morgan fingerprint density at radius 2 is 1.69 bits per heavy atom. The molecule has 11 atom stereocenters. The van der Waals surface area contributed by atoms with E-state index in [1.807, 2.05) is 20.8 Å². The topological polar surface area (TPSA) is 138 Å². The van der Waals surface area contributed by atoms with Gasteiger partial charge in [-0.05, 0) is 101 Å². The van der Waals surface area contributed by atoms with Gasteiger partial charge in [0, 0.05) is 11.3 Å². The molecule has 0 bridgehead atoms. The Hall–Kier alpha value is -0.830. The van der Waals surface area contributed by atoms with Crippen molar-refractivity contribution in [2.45, 2.75) is 122 Å². The Bertz CT molecular complexity index is 890. The number of aliphatic hydroxyl groups is 6. The normalized spacial score (nSPS) is 47.1. The smallest absolute Gasteiger partial charge is 0.159 e. The van der Waals surface area contributed by atoms with E-state index in [0.717, 1.165) is 0 Å². The first-order valence-corrected chi connectivity index (χ1v) is 13.4. The van der Waals surface area contributed by atoms with Crippen LogP contribution >= 0.6 is 0 Å². The summed E-state index contributed by atoms with van der Waals surface area (Å²) in [5.41, 5.74) is -4.35. The number of rotatable bonds is 5. The number of aliphatic hydroxyl groups excluding tert-OH is 3. The van der Waals surface area contributed by atoms with Gasteiger partial charge in [0.1, 0.15) is 0 Å². The molecule has 3 saturated carbocycles. The highest BCUT2D eigenvalue weighted by atomic mass is 16.3. The Balaban J connectivity index is 1.67. The molecule has 0 heterocycles. The van der Waals surface area contributed by atoms with Crippen molar-refractivity contribution in [3.63, 3.8) is 0 Å². The van der Waals surface area contributed by atoms with Gasteiger partial charge in [-0.2, -0.15) is 0 Å². The highest BCUT2D eigenvalue weighted by Crippen LogP contribution is 2.68. The molecule has 35 heavy (non-hydrogen) atoms. The molecule has 0 spiro atoms. The van der Waals surface area contributed by atoms with Crippen molar-refractivity contribution in [3.05, 3.63) is 11.6 Å². The third kappa shape index (κ3) is 3.88.